The van der Waals surface area contributed by atoms with E-state index in [1.807, 2.05) is 36.4 Å². The zero-order valence-corrected chi connectivity index (χ0v) is 16.5. The lowest BCUT2D eigenvalue weighted by Gasteiger charge is -2.12. The van der Waals surface area contributed by atoms with Gasteiger partial charge in [-0.25, -0.2) is 9.78 Å². The number of nitrogens with zero attached hydrogens (tertiary/aromatic N) is 1. The Morgan fingerprint density at radius 2 is 1.90 bits per heavy atom. The van der Waals surface area contributed by atoms with Crippen LogP contribution in [0.1, 0.15) is 23.0 Å². The van der Waals surface area contributed by atoms with Crippen molar-refractivity contribution in [1.82, 2.24) is 4.98 Å². The van der Waals surface area contributed by atoms with Crippen molar-refractivity contribution < 1.29 is 18.7 Å². The molecule has 0 saturated heterocycles. The first-order valence-corrected chi connectivity index (χ1v) is 9.36. The molecule has 0 aliphatic heterocycles. The highest BCUT2D eigenvalue weighted by Crippen LogP contribution is 2.32. The summed E-state index contributed by atoms with van der Waals surface area (Å²) in [7, 11) is 0. The third kappa shape index (κ3) is 3.67. The van der Waals surface area contributed by atoms with Gasteiger partial charge in [-0.1, -0.05) is 48.0 Å². The highest BCUT2D eigenvalue weighted by molar-refractivity contribution is 6.30. The van der Waals surface area contributed by atoms with E-state index in [9.17, 15) is 9.59 Å². The summed E-state index contributed by atoms with van der Waals surface area (Å²) in [5.74, 6) is -0.809. The van der Waals surface area contributed by atoms with Crippen LogP contribution in [-0.2, 0) is 9.53 Å². The fourth-order valence-corrected chi connectivity index (χ4v) is 3.20. The molecule has 1 atom stereocenters. The second kappa shape index (κ2) is 7.56. The predicted molar refractivity (Wildman–Crippen MR) is 111 cm³/mol. The number of hydrogen-bond acceptors (Lipinski definition) is 5. The molecule has 1 amide bonds. The van der Waals surface area contributed by atoms with Crippen LogP contribution in [0.25, 0.3) is 21.7 Å². The zero-order chi connectivity index (χ0) is 20.5. The average Bonchev–Trinajstić information content (AvgIpc) is 3.07. The van der Waals surface area contributed by atoms with Crippen LogP contribution < -0.4 is 5.32 Å². The van der Waals surface area contributed by atoms with Crippen LogP contribution in [0.5, 0.6) is 0 Å². The molecule has 0 fully saturated rings. The van der Waals surface area contributed by atoms with Gasteiger partial charge in [0.05, 0.1) is 5.02 Å². The number of nitrogens with one attached hydrogen (secondary N) is 1. The lowest BCUT2D eigenvalue weighted by Crippen LogP contribution is -2.30. The molecule has 0 unspecified atom stereocenters. The van der Waals surface area contributed by atoms with Gasteiger partial charge in [0.2, 0.25) is 5.76 Å². The van der Waals surface area contributed by atoms with Crippen LogP contribution in [-0.4, -0.2) is 23.0 Å². The summed E-state index contributed by atoms with van der Waals surface area (Å²) in [6, 6.07) is 14.8. The van der Waals surface area contributed by atoms with E-state index in [0.29, 0.717) is 22.0 Å². The van der Waals surface area contributed by atoms with Crippen molar-refractivity contribution in [3.8, 4) is 0 Å². The molecule has 2 heterocycles. The van der Waals surface area contributed by atoms with Crippen LogP contribution >= 0.6 is 11.6 Å². The van der Waals surface area contributed by atoms with E-state index in [1.165, 1.54) is 13.1 Å². The number of amides is 1. The summed E-state index contributed by atoms with van der Waals surface area (Å²) in [6.45, 7) is 3.27. The maximum Gasteiger partial charge on any atom is 0.375 e. The number of esters is 1. The second-order valence-electron chi connectivity index (χ2n) is 6.62. The van der Waals surface area contributed by atoms with Gasteiger partial charge < -0.3 is 14.5 Å². The minimum absolute atomic E-state index is 0.0839. The predicted octanol–water partition coefficient (Wildman–Crippen LogP) is 5.13. The maximum absolute atomic E-state index is 12.7. The number of pyridine rings is 1. The van der Waals surface area contributed by atoms with Gasteiger partial charge in [0.15, 0.2) is 6.10 Å². The fraction of sp³-hybridized carbons (Fsp3) is 0.136. The molecule has 0 saturated carbocycles. The Morgan fingerprint density at radius 1 is 1.10 bits per heavy atom. The van der Waals surface area contributed by atoms with E-state index in [-0.39, 0.29) is 5.76 Å². The Kier molecular flexibility index (Phi) is 4.94. The fourth-order valence-electron chi connectivity index (χ4n) is 3.09. The summed E-state index contributed by atoms with van der Waals surface area (Å²) in [5, 5.41) is 5.78. The van der Waals surface area contributed by atoms with E-state index in [2.05, 4.69) is 10.3 Å². The van der Waals surface area contributed by atoms with E-state index < -0.39 is 18.0 Å². The number of rotatable bonds is 4. The minimum atomic E-state index is -1.04. The molecular formula is C22H17ClN2O4. The number of carbonyl (C=O) groups is 2. The molecule has 7 heteroatoms. The number of anilines is 1. The first kappa shape index (κ1) is 19.0. The summed E-state index contributed by atoms with van der Waals surface area (Å²) >= 11 is 5.78. The lowest BCUT2D eigenvalue weighted by molar-refractivity contribution is -0.123. The molecule has 4 aromatic rings. The van der Waals surface area contributed by atoms with Gasteiger partial charge in [-0.2, -0.15) is 0 Å². The van der Waals surface area contributed by atoms with E-state index in [1.54, 1.807) is 19.1 Å². The van der Waals surface area contributed by atoms with Crippen LogP contribution in [0.2, 0.25) is 5.02 Å². The van der Waals surface area contributed by atoms with Gasteiger partial charge >= 0.3 is 5.97 Å². The third-order valence-electron chi connectivity index (χ3n) is 4.65. The number of hydrogen-bond donors (Lipinski definition) is 1. The molecule has 6 nitrogen and oxygen atoms in total. The number of carbonyl (C=O) groups excluding carboxylic acids is 2. The standard InChI is InChI=1S/C22H17ClN2O4/c1-12-16-9-7-14-5-3-4-6-17(14)20(16)29-19(12)22(27)28-13(2)21(26)25-18-10-8-15(23)11-24-18/h3-11,13H,1-2H3,(H,24,25,26)/t13-/m1/s1. The maximum atomic E-state index is 12.7. The molecule has 0 spiro atoms. The number of ether oxygens (including phenoxy) is 1. The van der Waals surface area contributed by atoms with Crippen LogP contribution in [0.15, 0.2) is 59.1 Å². The largest absolute Gasteiger partial charge is 0.448 e. The van der Waals surface area contributed by atoms with Gasteiger partial charge in [0, 0.05) is 22.5 Å². The first-order valence-electron chi connectivity index (χ1n) is 8.98. The molecule has 0 bridgehead atoms. The molecule has 0 radical (unpaired) electrons. The van der Waals surface area contributed by atoms with Crippen molar-refractivity contribution in [2.24, 2.45) is 0 Å². The molecule has 4 rings (SSSR count). The summed E-state index contributed by atoms with van der Waals surface area (Å²) < 4.78 is 11.2. The molecule has 146 valence electrons. The molecular weight excluding hydrogens is 392 g/mol. The number of fused-ring (bicyclic) bond motifs is 3. The Balaban J connectivity index is 1.55. The molecule has 0 aliphatic rings. The van der Waals surface area contributed by atoms with Gasteiger partial charge in [0.1, 0.15) is 11.4 Å². The zero-order valence-electron chi connectivity index (χ0n) is 15.7. The van der Waals surface area contributed by atoms with Crippen LogP contribution in [0.4, 0.5) is 5.82 Å². The number of aromatic nitrogens is 1. The van der Waals surface area contributed by atoms with Crippen molar-refractivity contribution in [2.45, 2.75) is 20.0 Å². The topological polar surface area (TPSA) is 81.4 Å². The van der Waals surface area contributed by atoms with E-state index >= 15 is 0 Å². The van der Waals surface area contributed by atoms with Gasteiger partial charge in [-0.15, -0.1) is 0 Å². The van der Waals surface area contributed by atoms with Crippen LogP contribution in [0.3, 0.4) is 0 Å². The number of furan rings is 1. The molecule has 1 N–H and O–H groups in total. The summed E-state index contributed by atoms with van der Waals surface area (Å²) in [6.07, 6.45) is 0.375. The lowest BCUT2D eigenvalue weighted by atomic mass is 10.1. The molecule has 0 aliphatic carbocycles. The molecule has 2 aromatic carbocycles. The number of aryl methyl sites for hydroxylation is 1. The van der Waals surface area contributed by atoms with Crippen molar-refractivity contribution in [3.63, 3.8) is 0 Å². The SMILES string of the molecule is Cc1c(C(=O)O[C@H](C)C(=O)Nc2ccc(Cl)cn2)oc2c1ccc1ccccc12. The van der Waals surface area contributed by atoms with Crippen molar-refractivity contribution in [2.75, 3.05) is 5.32 Å². The Bertz CT molecular complexity index is 1230. The monoisotopic (exact) mass is 408 g/mol. The van der Waals surface area contributed by atoms with Crippen molar-refractivity contribution >= 4 is 51.0 Å². The third-order valence-corrected chi connectivity index (χ3v) is 4.87. The van der Waals surface area contributed by atoms with E-state index in [0.717, 1.165) is 16.2 Å². The van der Waals surface area contributed by atoms with Crippen molar-refractivity contribution in [1.29, 1.82) is 0 Å². The number of halogens is 1. The van der Waals surface area contributed by atoms with Crippen LogP contribution in [0, 0.1) is 6.92 Å². The molecule has 29 heavy (non-hydrogen) atoms. The molecule has 2 aromatic heterocycles. The Hall–Kier alpha value is -3.38. The van der Waals surface area contributed by atoms with Gasteiger partial charge in [0.25, 0.3) is 5.91 Å². The van der Waals surface area contributed by atoms with Gasteiger partial charge in [-0.05, 0) is 31.4 Å². The normalized spacial score (nSPS) is 12.1. The minimum Gasteiger partial charge on any atom is -0.448 e. The van der Waals surface area contributed by atoms with Gasteiger partial charge in [-0.3, -0.25) is 4.79 Å². The highest BCUT2D eigenvalue weighted by atomic mass is 35.5. The highest BCUT2D eigenvalue weighted by Gasteiger charge is 2.25. The smallest absolute Gasteiger partial charge is 0.375 e. The average molecular weight is 409 g/mol. The van der Waals surface area contributed by atoms with Crippen molar-refractivity contribution in [3.05, 3.63) is 71.1 Å². The summed E-state index contributed by atoms with van der Waals surface area (Å²) in [4.78, 5) is 28.9. The quantitative estimate of drug-likeness (QED) is 0.473. The second-order valence-corrected chi connectivity index (χ2v) is 7.05. The summed E-state index contributed by atoms with van der Waals surface area (Å²) in [5.41, 5.74) is 1.29. The Labute approximate surface area is 171 Å². The Morgan fingerprint density at radius 3 is 2.66 bits per heavy atom. The van der Waals surface area contributed by atoms with E-state index in [4.69, 9.17) is 20.8 Å². The first-order chi connectivity index (χ1) is 13.9. The number of benzene rings is 2.